The lowest BCUT2D eigenvalue weighted by Crippen LogP contribution is -2.09. The lowest BCUT2D eigenvalue weighted by Gasteiger charge is -2.09. The Bertz CT molecular complexity index is 419. The minimum Gasteiger partial charge on any atom is -0.464 e. The molecule has 1 unspecified atom stereocenters. The minimum atomic E-state index is 0.152. The highest BCUT2D eigenvalue weighted by Crippen LogP contribution is 2.22. The van der Waals surface area contributed by atoms with Crippen LogP contribution in [-0.4, -0.2) is 0 Å². The Morgan fingerprint density at radius 3 is 3.00 bits per heavy atom. The zero-order valence-electron chi connectivity index (χ0n) is 8.36. The highest BCUT2D eigenvalue weighted by molar-refractivity contribution is 5.77. The van der Waals surface area contributed by atoms with Crippen LogP contribution in [0.5, 0.6) is 0 Å². The Morgan fingerprint density at radius 1 is 1.36 bits per heavy atom. The van der Waals surface area contributed by atoms with Crippen molar-refractivity contribution in [3.8, 4) is 0 Å². The van der Waals surface area contributed by atoms with Crippen molar-refractivity contribution in [2.75, 3.05) is 0 Å². The van der Waals surface area contributed by atoms with Crippen LogP contribution in [0.4, 0.5) is 0 Å². The number of rotatable bonds is 3. The zero-order valence-corrected chi connectivity index (χ0v) is 8.36. The first-order chi connectivity index (χ1) is 6.81. The molecule has 0 aliphatic heterocycles. The first-order valence-corrected chi connectivity index (χ1v) is 5.04. The van der Waals surface area contributed by atoms with Crippen LogP contribution in [0.15, 0.2) is 34.9 Å². The molecule has 0 amide bonds. The van der Waals surface area contributed by atoms with E-state index in [0.717, 1.165) is 23.8 Å². The summed E-state index contributed by atoms with van der Waals surface area (Å²) in [7, 11) is 0. The number of nitrogens with two attached hydrogens (primary N) is 1. The van der Waals surface area contributed by atoms with Gasteiger partial charge in [-0.25, -0.2) is 0 Å². The Balaban J connectivity index is 2.33. The Morgan fingerprint density at radius 2 is 2.21 bits per heavy atom. The molecule has 2 rings (SSSR count). The Hall–Kier alpha value is -1.28. The van der Waals surface area contributed by atoms with Gasteiger partial charge in [0.15, 0.2) is 0 Å². The molecule has 2 nitrogen and oxygen atoms in total. The van der Waals surface area contributed by atoms with Gasteiger partial charge < -0.3 is 10.2 Å². The molecule has 2 N–H and O–H groups in total. The van der Waals surface area contributed by atoms with Crippen molar-refractivity contribution in [1.82, 2.24) is 0 Å². The second-order valence-corrected chi connectivity index (χ2v) is 3.61. The smallest absolute Gasteiger partial charge is 0.133 e. The fourth-order valence-electron chi connectivity index (χ4n) is 1.69. The molecule has 2 aromatic rings. The van der Waals surface area contributed by atoms with Crippen molar-refractivity contribution in [1.29, 1.82) is 0 Å². The average molecular weight is 189 g/mol. The lowest BCUT2D eigenvalue weighted by atomic mass is 10.0. The van der Waals surface area contributed by atoms with E-state index >= 15 is 0 Å². The standard InChI is InChI=1S/C12H15NO/c1-2-3-11(13)9-4-5-12-10(8-9)6-7-14-12/h4-8,11H,2-3,13H2,1H3. The van der Waals surface area contributed by atoms with E-state index < -0.39 is 0 Å². The molecule has 2 heteroatoms. The number of hydrogen-bond acceptors (Lipinski definition) is 2. The first kappa shape index (κ1) is 9.28. The van der Waals surface area contributed by atoms with Crippen LogP contribution in [0.1, 0.15) is 31.4 Å². The monoisotopic (exact) mass is 189 g/mol. The van der Waals surface area contributed by atoms with Crippen LogP contribution in [0.2, 0.25) is 0 Å². The molecule has 0 saturated carbocycles. The van der Waals surface area contributed by atoms with Crippen molar-refractivity contribution < 1.29 is 4.42 Å². The molecule has 0 saturated heterocycles. The van der Waals surface area contributed by atoms with Gasteiger partial charge in [-0.05, 0) is 30.2 Å². The molecule has 0 aliphatic carbocycles. The molecule has 0 bridgehead atoms. The number of fused-ring (bicyclic) bond motifs is 1. The molecule has 0 spiro atoms. The van der Waals surface area contributed by atoms with Crippen molar-refractivity contribution >= 4 is 11.0 Å². The molecule has 0 aliphatic rings. The van der Waals surface area contributed by atoms with E-state index in [-0.39, 0.29) is 6.04 Å². The summed E-state index contributed by atoms with van der Waals surface area (Å²) in [4.78, 5) is 0. The maximum Gasteiger partial charge on any atom is 0.133 e. The van der Waals surface area contributed by atoms with E-state index in [4.69, 9.17) is 10.2 Å². The average Bonchev–Trinajstić information content (AvgIpc) is 2.64. The number of benzene rings is 1. The van der Waals surface area contributed by atoms with Gasteiger partial charge in [0.25, 0.3) is 0 Å². The van der Waals surface area contributed by atoms with Crippen molar-refractivity contribution in [3.63, 3.8) is 0 Å². The maximum atomic E-state index is 6.03. The molecule has 1 aromatic carbocycles. The molecule has 74 valence electrons. The van der Waals surface area contributed by atoms with Crippen LogP contribution < -0.4 is 5.73 Å². The van der Waals surface area contributed by atoms with Crippen LogP contribution >= 0.6 is 0 Å². The zero-order chi connectivity index (χ0) is 9.97. The number of hydrogen-bond donors (Lipinski definition) is 1. The summed E-state index contributed by atoms with van der Waals surface area (Å²) in [6.07, 6.45) is 3.85. The topological polar surface area (TPSA) is 39.2 Å². The predicted molar refractivity (Wildman–Crippen MR) is 58.1 cm³/mol. The largest absolute Gasteiger partial charge is 0.464 e. The quantitative estimate of drug-likeness (QED) is 0.805. The van der Waals surface area contributed by atoms with Gasteiger partial charge in [0.05, 0.1) is 6.26 Å². The lowest BCUT2D eigenvalue weighted by molar-refractivity contribution is 0.614. The van der Waals surface area contributed by atoms with Crippen molar-refractivity contribution in [2.45, 2.75) is 25.8 Å². The highest BCUT2D eigenvalue weighted by Gasteiger charge is 2.05. The summed E-state index contributed by atoms with van der Waals surface area (Å²) in [5.74, 6) is 0. The summed E-state index contributed by atoms with van der Waals surface area (Å²) in [5.41, 5.74) is 8.16. The van der Waals surface area contributed by atoms with E-state index in [1.54, 1.807) is 6.26 Å². The van der Waals surface area contributed by atoms with E-state index in [0.29, 0.717) is 0 Å². The van der Waals surface area contributed by atoms with Crippen LogP contribution in [0.25, 0.3) is 11.0 Å². The first-order valence-electron chi connectivity index (χ1n) is 5.04. The Labute approximate surface area is 83.7 Å². The summed E-state index contributed by atoms with van der Waals surface area (Å²) in [5, 5.41) is 1.13. The molecule has 14 heavy (non-hydrogen) atoms. The second kappa shape index (κ2) is 3.84. The normalized spacial score (nSPS) is 13.3. The third-order valence-electron chi connectivity index (χ3n) is 2.50. The van der Waals surface area contributed by atoms with Gasteiger partial charge in [-0.1, -0.05) is 19.4 Å². The van der Waals surface area contributed by atoms with Crippen LogP contribution in [-0.2, 0) is 0 Å². The van der Waals surface area contributed by atoms with Crippen LogP contribution in [0.3, 0.4) is 0 Å². The summed E-state index contributed by atoms with van der Waals surface area (Å²) < 4.78 is 5.27. The van der Waals surface area contributed by atoms with E-state index in [1.165, 1.54) is 5.56 Å². The van der Waals surface area contributed by atoms with Gasteiger partial charge in [-0.3, -0.25) is 0 Å². The summed E-state index contributed by atoms with van der Waals surface area (Å²) >= 11 is 0. The van der Waals surface area contributed by atoms with Gasteiger partial charge in [0, 0.05) is 11.4 Å². The SMILES string of the molecule is CCCC(N)c1ccc2occc2c1. The van der Waals surface area contributed by atoms with Gasteiger partial charge in [-0.15, -0.1) is 0 Å². The summed E-state index contributed by atoms with van der Waals surface area (Å²) in [6.45, 7) is 2.15. The van der Waals surface area contributed by atoms with Crippen LogP contribution in [0, 0.1) is 0 Å². The molecule has 1 heterocycles. The molecule has 1 atom stereocenters. The third-order valence-corrected chi connectivity index (χ3v) is 2.50. The maximum absolute atomic E-state index is 6.03. The molecular formula is C12H15NO. The molecule has 1 aromatic heterocycles. The van der Waals surface area contributed by atoms with Gasteiger partial charge in [-0.2, -0.15) is 0 Å². The molecule has 0 fully saturated rings. The van der Waals surface area contributed by atoms with E-state index in [1.807, 2.05) is 18.2 Å². The number of furan rings is 1. The minimum absolute atomic E-state index is 0.152. The van der Waals surface area contributed by atoms with Crippen molar-refractivity contribution in [3.05, 3.63) is 36.1 Å². The van der Waals surface area contributed by atoms with E-state index in [9.17, 15) is 0 Å². The Kier molecular flexibility index (Phi) is 2.55. The third kappa shape index (κ3) is 1.66. The summed E-state index contributed by atoms with van der Waals surface area (Å²) in [6, 6.07) is 8.27. The molecular weight excluding hydrogens is 174 g/mol. The fourth-order valence-corrected chi connectivity index (χ4v) is 1.69. The predicted octanol–water partition coefficient (Wildman–Crippen LogP) is 3.23. The van der Waals surface area contributed by atoms with Gasteiger partial charge in [0.2, 0.25) is 0 Å². The van der Waals surface area contributed by atoms with Gasteiger partial charge >= 0.3 is 0 Å². The van der Waals surface area contributed by atoms with Gasteiger partial charge in [0.1, 0.15) is 5.58 Å². The van der Waals surface area contributed by atoms with E-state index in [2.05, 4.69) is 13.0 Å². The fraction of sp³-hybridized carbons (Fsp3) is 0.333. The second-order valence-electron chi connectivity index (χ2n) is 3.61. The highest BCUT2D eigenvalue weighted by atomic mass is 16.3. The van der Waals surface area contributed by atoms with Crippen molar-refractivity contribution in [2.24, 2.45) is 5.73 Å². The molecule has 0 radical (unpaired) electrons.